The van der Waals surface area contributed by atoms with Gasteiger partial charge in [0.2, 0.25) is 0 Å². The molecule has 0 saturated heterocycles. The SMILES string of the molecule is C=CC1(C)CC(=O)CCC1O. The molecule has 1 aliphatic carbocycles. The number of Topliss-reactive ketones (excluding diaryl/α,β-unsaturated/α-hetero) is 1. The van der Waals surface area contributed by atoms with Crippen LogP contribution in [-0.2, 0) is 4.79 Å². The van der Waals surface area contributed by atoms with Crippen LogP contribution in [0.3, 0.4) is 0 Å². The summed E-state index contributed by atoms with van der Waals surface area (Å²) in [6.07, 6.45) is 2.84. The Hall–Kier alpha value is -0.630. The molecule has 2 heteroatoms. The van der Waals surface area contributed by atoms with Crippen molar-refractivity contribution in [2.45, 2.75) is 32.3 Å². The lowest BCUT2D eigenvalue weighted by Crippen LogP contribution is -2.37. The minimum atomic E-state index is -0.391. The van der Waals surface area contributed by atoms with Crippen molar-refractivity contribution in [3.8, 4) is 0 Å². The first-order valence-corrected chi connectivity index (χ1v) is 3.92. The second-order valence-corrected chi connectivity index (χ2v) is 3.48. The molecule has 62 valence electrons. The molecule has 0 aromatic carbocycles. The Morgan fingerprint density at radius 2 is 2.45 bits per heavy atom. The van der Waals surface area contributed by atoms with E-state index in [0.717, 1.165) is 0 Å². The predicted molar refractivity (Wildman–Crippen MR) is 43.2 cm³/mol. The summed E-state index contributed by atoms with van der Waals surface area (Å²) in [4.78, 5) is 11.0. The minimum Gasteiger partial charge on any atom is -0.392 e. The maximum Gasteiger partial charge on any atom is 0.133 e. The van der Waals surface area contributed by atoms with Gasteiger partial charge in [0.15, 0.2) is 0 Å². The van der Waals surface area contributed by atoms with E-state index in [-0.39, 0.29) is 11.2 Å². The van der Waals surface area contributed by atoms with Crippen molar-refractivity contribution >= 4 is 5.78 Å². The van der Waals surface area contributed by atoms with E-state index in [1.807, 2.05) is 6.92 Å². The Bertz CT molecular complexity index is 186. The van der Waals surface area contributed by atoms with Crippen molar-refractivity contribution in [1.29, 1.82) is 0 Å². The Balaban J connectivity index is 2.75. The third-order valence-electron chi connectivity index (χ3n) is 2.50. The van der Waals surface area contributed by atoms with Gasteiger partial charge in [-0.1, -0.05) is 13.0 Å². The van der Waals surface area contributed by atoms with Gasteiger partial charge in [-0.05, 0) is 6.42 Å². The molecular weight excluding hydrogens is 140 g/mol. The molecule has 0 aliphatic heterocycles. The standard InChI is InChI=1S/C9H14O2/c1-3-9(2)6-7(10)4-5-8(9)11/h3,8,11H,1,4-6H2,2H3. The van der Waals surface area contributed by atoms with E-state index in [2.05, 4.69) is 6.58 Å². The highest BCUT2D eigenvalue weighted by molar-refractivity contribution is 5.80. The maximum absolute atomic E-state index is 11.0. The average molecular weight is 154 g/mol. The number of aliphatic hydroxyl groups excluding tert-OH is 1. The summed E-state index contributed by atoms with van der Waals surface area (Å²) in [5, 5.41) is 9.52. The molecule has 0 bridgehead atoms. The zero-order valence-corrected chi connectivity index (χ0v) is 6.84. The average Bonchev–Trinajstić information content (AvgIpc) is 1.98. The molecule has 0 aromatic rings. The Kier molecular flexibility index (Phi) is 2.14. The lowest BCUT2D eigenvalue weighted by Gasteiger charge is -2.34. The van der Waals surface area contributed by atoms with Gasteiger partial charge in [-0.15, -0.1) is 6.58 Å². The van der Waals surface area contributed by atoms with Gasteiger partial charge >= 0.3 is 0 Å². The summed E-state index contributed by atoms with van der Waals surface area (Å²) in [5.74, 6) is 0.234. The highest BCUT2D eigenvalue weighted by Gasteiger charge is 2.36. The van der Waals surface area contributed by atoms with Crippen molar-refractivity contribution < 1.29 is 9.90 Å². The lowest BCUT2D eigenvalue weighted by atomic mass is 9.73. The van der Waals surface area contributed by atoms with E-state index in [0.29, 0.717) is 19.3 Å². The molecule has 0 heterocycles. The number of hydrogen-bond acceptors (Lipinski definition) is 2. The molecule has 0 amide bonds. The molecular formula is C9H14O2. The molecule has 1 N–H and O–H groups in total. The van der Waals surface area contributed by atoms with Crippen LogP contribution in [0.15, 0.2) is 12.7 Å². The third kappa shape index (κ3) is 1.51. The van der Waals surface area contributed by atoms with Gasteiger partial charge in [-0.25, -0.2) is 0 Å². The molecule has 1 fully saturated rings. The highest BCUT2D eigenvalue weighted by atomic mass is 16.3. The van der Waals surface area contributed by atoms with E-state index in [9.17, 15) is 9.90 Å². The second-order valence-electron chi connectivity index (χ2n) is 3.48. The first kappa shape index (κ1) is 8.47. The van der Waals surface area contributed by atoms with Crippen molar-refractivity contribution in [3.05, 3.63) is 12.7 Å². The molecule has 11 heavy (non-hydrogen) atoms. The maximum atomic E-state index is 11.0. The Labute approximate surface area is 66.9 Å². The van der Waals surface area contributed by atoms with Gasteiger partial charge in [-0.3, -0.25) is 4.79 Å². The molecule has 1 aliphatic rings. The topological polar surface area (TPSA) is 37.3 Å². The van der Waals surface area contributed by atoms with Crippen LogP contribution in [0, 0.1) is 5.41 Å². The van der Waals surface area contributed by atoms with Gasteiger partial charge in [0, 0.05) is 18.3 Å². The minimum absolute atomic E-state index is 0.234. The number of hydrogen-bond donors (Lipinski definition) is 1. The largest absolute Gasteiger partial charge is 0.392 e. The quantitative estimate of drug-likeness (QED) is 0.578. The van der Waals surface area contributed by atoms with E-state index >= 15 is 0 Å². The fourth-order valence-corrected chi connectivity index (χ4v) is 1.47. The van der Waals surface area contributed by atoms with Gasteiger partial charge in [0.05, 0.1) is 6.10 Å². The molecule has 2 atom stereocenters. The molecule has 2 nitrogen and oxygen atoms in total. The van der Waals surface area contributed by atoms with Gasteiger partial charge in [0.25, 0.3) is 0 Å². The predicted octanol–water partition coefficient (Wildman–Crippen LogP) is 1.29. The van der Waals surface area contributed by atoms with Gasteiger partial charge < -0.3 is 5.11 Å². The molecule has 0 spiro atoms. The monoisotopic (exact) mass is 154 g/mol. The van der Waals surface area contributed by atoms with E-state index in [1.165, 1.54) is 0 Å². The van der Waals surface area contributed by atoms with E-state index in [4.69, 9.17) is 0 Å². The number of carbonyl (C=O) groups excluding carboxylic acids is 1. The molecule has 0 aromatic heterocycles. The van der Waals surface area contributed by atoms with Crippen LogP contribution >= 0.6 is 0 Å². The van der Waals surface area contributed by atoms with Crippen molar-refractivity contribution in [1.82, 2.24) is 0 Å². The van der Waals surface area contributed by atoms with Crippen LogP contribution in [0.4, 0.5) is 0 Å². The normalized spacial score (nSPS) is 38.7. The lowest BCUT2D eigenvalue weighted by molar-refractivity contribution is -0.126. The summed E-state index contributed by atoms with van der Waals surface area (Å²) in [6.45, 7) is 5.51. The van der Waals surface area contributed by atoms with Crippen LogP contribution in [0.1, 0.15) is 26.2 Å². The Morgan fingerprint density at radius 3 is 2.91 bits per heavy atom. The van der Waals surface area contributed by atoms with Crippen LogP contribution in [0.25, 0.3) is 0 Å². The summed E-state index contributed by atoms with van der Waals surface area (Å²) in [7, 11) is 0. The highest BCUT2D eigenvalue weighted by Crippen LogP contribution is 2.34. The fraction of sp³-hybridized carbons (Fsp3) is 0.667. The van der Waals surface area contributed by atoms with Crippen molar-refractivity contribution in [2.24, 2.45) is 5.41 Å². The van der Waals surface area contributed by atoms with Gasteiger partial charge in [-0.2, -0.15) is 0 Å². The van der Waals surface area contributed by atoms with Crippen LogP contribution in [-0.4, -0.2) is 17.0 Å². The van der Waals surface area contributed by atoms with Crippen molar-refractivity contribution in [2.75, 3.05) is 0 Å². The number of aliphatic hydroxyl groups is 1. The number of ketones is 1. The van der Waals surface area contributed by atoms with Crippen LogP contribution in [0.2, 0.25) is 0 Å². The first-order valence-electron chi connectivity index (χ1n) is 3.92. The fourth-order valence-electron chi connectivity index (χ4n) is 1.47. The summed E-state index contributed by atoms with van der Waals surface area (Å²) < 4.78 is 0. The Morgan fingerprint density at radius 1 is 1.82 bits per heavy atom. The number of carbonyl (C=O) groups is 1. The smallest absolute Gasteiger partial charge is 0.133 e. The number of rotatable bonds is 1. The van der Waals surface area contributed by atoms with Crippen LogP contribution < -0.4 is 0 Å². The summed E-state index contributed by atoms with van der Waals surface area (Å²) in [5.41, 5.74) is -0.380. The molecule has 1 saturated carbocycles. The van der Waals surface area contributed by atoms with E-state index < -0.39 is 6.10 Å². The van der Waals surface area contributed by atoms with E-state index in [1.54, 1.807) is 6.08 Å². The van der Waals surface area contributed by atoms with Crippen LogP contribution in [0.5, 0.6) is 0 Å². The first-order chi connectivity index (χ1) is 5.08. The summed E-state index contributed by atoms with van der Waals surface area (Å²) >= 11 is 0. The molecule has 1 rings (SSSR count). The zero-order valence-electron chi connectivity index (χ0n) is 6.84. The van der Waals surface area contributed by atoms with Gasteiger partial charge in [0.1, 0.15) is 5.78 Å². The second kappa shape index (κ2) is 2.78. The summed E-state index contributed by atoms with van der Waals surface area (Å²) in [6, 6.07) is 0. The third-order valence-corrected chi connectivity index (χ3v) is 2.50. The van der Waals surface area contributed by atoms with Crippen molar-refractivity contribution in [3.63, 3.8) is 0 Å². The molecule has 2 unspecified atom stereocenters. The zero-order chi connectivity index (χ0) is 8.48. The molecule has 0 radical (unpaired) electrons.